The Labute approximate surface area is 136 Å². The van der Waals surface area contributed by atoms with Gasteiger partial charge in [0.05, 0.1) is 12.2 Å². The number of hydrogen-bond donors (Lipinski definition) is 0. The van der Waals surface area contributed by atoms with E-state index in [0.29, 0.717) is 5.56 Å². The van der Waals surface area contributed by atoms with Crippen LogP contribution in [-0.2, 0) is 23.9 Å². The number of ether oxygens (including phenoxy) is 1. The highest BCUT2D eigenvalue weighted by molar-refractivity contribution is 7.85. The van der Waals surface area contributed by atoms with Crippen molar-refractivity contribution in [3.8, 4) is 0 Å². The molecular weight excluding hydrogens is 322 g/mol. The van der Waals surface area contributed by atoms with Gasteiger partial charge in [0.1, 0.15) is 5.60 Å². The molecule has 0 bridgehead atoms. The second kappa shape index (κ2) is 7.10. The van der Waals surface area contributed by atoms with Crippen LogP contribution in [0.3, 0.4) is 0 Å². The molecule has 0 aromatic heterocycles. The van der Waals surface area contributed by atoms with Crippen LogP contribution in [0.25, 0.3) is 0 Å². The van der Waals surface area contributed by atoms with Crippen molar-refractivity contribution in [1.29, 1.82) is 0 Å². The maximum atomic E-state index is 12.5. The summed E-state index contributed by atoms with van der Waals surface area (Å²) >= 11 is 0. The lowest BCUT2D eigenvalue weighted by atomic mass is 10.0. The van der Waals surface area contributed by atoms with Gasteiger partial charge in [-0.3, -0.25) is 4.79 Å². The van der Waals surface area contributed by atoms with Crippen LogP contribution in [0.5, 0.6) is 0 Å². The highest BCUT2D eigenvalue weighted by Gasteiger charge is 2.34. The molecule has 23 heavy (non-hydrogen) atoms. The SMILES string of the molecule is C[C@@H](C(=O)N(OS(C)(=O)=O)C(=O)OC(C)(C)C)c1ccccc1. The summed E-state index contributed by atoms with van der Waals surface area (Å²) in [4.78, 5) is 24.6. The van der Waals surface area contributed by atoms with Crippen molar-refractivity contribution in [3.63, 3.8) is 0 Å². The molecule has 0 unspecified atom stereocenters. The quantitative estimate of drug-likeness (QED) is 0.780. The third-order valence-electron chi connectivity index (χ3n) is 2.64. The Balaban J connectivity index is 3.08. The minimum absolute atomic E-state index is 0.151. The molecule has 0 saturated carbocycles. The van der Waals surface area contributed by atoms with Gasteiger partial charge in [-0.05, 0) is 33.3 Å². The van der Waals surface area contributed by atoms with Gasteiger partial charge in [-0.25, -0.2) is 4.79 Å². The van der Waals surface area contributed by atoms with Crippen LogP contribution in [0.1, 0.15) is 39.2 Å². The zero-order valence-electron chi connectivity index (χ0n) is 13.8. The predicted octanol–water partition coefficient (Wildman–Crippen LogP) is 2.45. The van der Waals surface area contributed by atoms with Crippen molar-refractivity contribution in [2.45, 2.75) is 39.2 Å². The molecule has 8 heteroatoms. The zero-order valence-corrected chi connectivity index (χ0v) is 14.6. The number of hydrogen-bond acceptors (Lipinski definition) is 6. The maximum Gasteiger partial charge on any atom is 0.443 e. The van der Waals surface area contributed by atoms with E-state index in [1.54, 1.807) is 58.0 Å². The Morgan fingerprint density at radius 3 is 2.09 bits per heavy atom. The van der Waals surface area contributed by atoms with Crippen molar-refractivity contribution in [2.24, 2.45) is 0 Å². The van der Waals surface area contributed by atoms with E-state index in [0.717, 1.165) is 6.26 Å². The fourth-order valence-electron chi connectivity index (χ4n) is 1.66. The number of carbonyl (C=O) groups is 2. The van der Waals surface area contributed by atoms with Gasteiger partial charge in [-0.1, -0.05) is 35.4 Å². The summed E-state index contributed by atoms with van der Waals surface area (Å²) in [5, 5.41) is 0.151. The molecule has 0 heterocycles. The molecule has 0 aliphatic heterocycles. The van der Waals surface area contributed by atoms with Crippen LogP contribution in [0.15, 0.2) is 30.3 Å². The van der Waals surface area contributed by atoms with Crippen molar-refractivity contribution in [1.82, 2.24) is 5.06 Å². The first-order valence-corrected chi connectivity index (χ1v) is 8.74. The summed E-state index contributed by atoms with van der Waals surface area (Å²) in [6, 6.07) is 8.62. The summed E-state index contributed by atoms with van der Waals surface area (Å²) in [6.45, 7) is 6.32. The summed E-state index contributed by atoms with van der Waals surface area (Å²) in [5.41, 5.74) is -0.296. The fourth-order valence-corrected chi connectivity index (χ4v) is 2.06. The van der Waals surface area contributed by atoms with Crippen LogP contribution >= 0.6 is 0 Å². The minimum atomic E-state index is -4.08. The Morgan fingerprint density at radius 2 is 1.65 bits per heavy atom. The molecule has 0 fully saturated rings. The van der Waals surface area contributed by atoms with Crippen molar-refractivity contribution < 1.29 is 27.0 Å². The number of hydroxylamine groups is 2. The van der Waals surface area contributed by atoms with Gasteiger partial charge in [0.15, 0.2) is 0 Å². The number of carbonyl (C=O) groups excluding carboxylic acids is 2. The molecule has 0 N–H and O–H groups in total. The zero-order chi connectivity index (χ0) is 17.8. The fraction of sp³-hybridized carbons (Fsp3) is 0.467. The van der Waals surface area contributed by atoms with E-state index < -0.39 is 33.6 Å². The Bertz CT molecular complexity index is 663. The van der Waals surface area contributed by atoms with Gasteiger partial charge in [0.2, 0.25) is 0 Å². The van der Waals surface area contributed by atoms with Gasteiger partial charge in [0, 0.05) is 0 Å². The van der Waals surface area contributed by atoms with Crippen molar-refractivity contribution in [2.75, 3.05) is 6.26 Å². The van der Waals surface area contributed by atoms with Crippen LogP contribution in [0.4, 0.5) is 4.79 Å². The molecule has 0 spiro atoms. The Morgan fingerprint density at radius 1 is 1.13 bits per heavy atom. The van der Waals surface area contributed by atoms with Crippen molar-refractivity contribution >= 4 is 22.1 Å². The van der Waals surface area contributed by atoms with Gasteiger partial charge in [-0.2, -0.15) is 8.42 Å². The first-order chi connectivity index (χ1) is 10.4. The van der Waals surface area contributed by atoms with Crippen LogP contribution in [0.2, 0.25) is 0 Å². The molecule has 2 amide bonds. The molecule has 0 aliphatic rings. The highest BCUT2D eigenvalue weighted by atomic mass is 32.2. The first-order valence-electron chi connectivity index (χ1n) is 6.92. The Kier molecular flexibility index (Phi) is 5.90. The van der Waals surface area contributed by atoms with Crippen LogP contribution in [0, 0.1) is 0 Å². The summed E-state index contributed by atoms with van der Waals surface area (Å²) in [7, 11) is -4.08. The maximum absolute atomic E-state index is 12.5. The topological polar surface area (TPSA) is 90.0 Å². The van der Waals surface area contributed by atoms with E-state index in [9.17, 15) is 18.0 Å². The molecule has 0 radical (unpaired) electrons. The van der Waals surface area contributed by atoms with E-state index >= 15 is 0 Å². The van der Waals surface area contributed by atoms with E-state index in [-0.39, 0.29) is 5.06 Å². The molecule has 1 rings (SSSR count). The normalized spacial score (nSPS) is 13.3. The number of amides is 2. The monoisotopic (exact) mass is 343 g/mol. The molecule has 0 saturated heterocycles. The van der Waals surface area contributed by atoms with Crippen LogP contribution in [-0.4, -0.2) is 37.3 Å². The summed E-state index contributed by atoms with van der Waals surface area (Å²) in [5.74, 6) is -1.62. The third-order valence-corrected chi connectivity index (χ3v) is 3.06. The van der Waals surface area contributed by atoms with E-state index in [4.69, 9.17) is 4.74 Å². The van der Waals surface area contributed by atoms with Gasteiger partial charge < -0.3 is 4.74 Å². The van der Waals surface area contributed by atoms with Gasteiger partial charge >= 0.3 is 6.09 Å². The van der Waals surface area contributed by atoms with Gasteiger partial charge in [0.25, 0.3) is 16.0 Å². The lowest BCUT2D eigenvalue weighted by Crippen LogP contribution is -2.43. The molecule has 128 valence electrons. The van der Waals surface area contributed by atoms with E-state index in [1.165, 1.54) is 0 Å². The lowest BCUT2D eigenvalue weighted by Gasteiger charge is -2.26. The average molecular weight is 343 g/mol. The van der Waals surface area contributed by atoms with Crippen molar-refractivity contribution in [3.05, 3.63) is 35.9 Å². The summed E-state index contributed by atoms with van der Waals surface area (Å²) in [6.07, 6.45) is -0.444. The third kappa shape index (κ3) is 6.37. The van der Waals surface area contributed by atoms with E-state index in [1.807, 2.05) is 0 Å². The average Bonchev–Trinajstić information content (AvgIpc) is 2.41. The molecule has 1 aromatic rings. The number of benzene rings is 1. The lowest BCUT2D eigenvalue weighted by molar-refractivity contribution is -0.154. The smallest absolute Gasteiger partial charge is 0.442 e. The molecule has 1 aromatic carbocycles. The van der Waals surface area contributed by atoms with E-state index in [2.05, 4.69) is 4.28 Å². The largest absolute Gasteiger partial charge is 0.443 e. The number of rotatable bonds is 4. The molecule has 0 aliphatic carbocycles. The first kappa shape index (κ1) is 19.1. The molecular formula is C15H21NO6S. The second-order valence-electron chi connectivity index (χ2n) is 6.02. The minimum Gasteiger partial charge on any atom is -0.442 e. The standard InChI is InChI=1S/C15H21NO6S/c1-11(12-9-7-6-8-10-12)13(17)16(22-23(5,19)20)14(18)21-15(2,3)4/h6-11H,1-5H3/t11-/m1/s1. The number of imide groups is 1. The summed E-state index contributed by atoms with van der Waals surface area (Å²) < 4.78 is 32.3. The van der Waals surface area contributed by atoms with Gasteiger partial charge in [-0.15, -0.1) is 4.28 Å². The Hall–Kier alpha value is -1.93. The van der Waals surface area contributed by atoms with Crippen LogP contribution < -0.4 is 0 Å². The molecule has 7 nitrogen and oxygen atoms in total. The molecule has 1 atom stereocenters. The second-order valence-corrected chi connectivity index (χ2v) is 7.58. The highest BCUT2D eigenvalue weighted by Crippen LogP contribution is 2.20. The number of nitrogens with zero attached hydrogens (tertiary/aromatic N) is 1. The predicted molar refractivity (Wildman–Crippen MR) is 83.9 cm³/mol.